The first-order valence-electron chi connectivity index (χ1n) is 11.0. The molecule has 5 heteroatoms. The van der Waals surface area contributed by atoms with Gasteiger partial charge in [-0.3, -0.25) is 0 Å². The van der Waals surface area contributed by atoms with E-state index in [-0.39, 0.29) is 0 Å². The van der Waals surface area contributed by atoms with Crippen LogP contribution in [0.3, 0.4) is 0 Å². The average Bonchev–Trinajstić information content (AvgIpc) is 2.88. The molecule has 180 valence electrons. The molecular formula is C30H35N5. The van der Waals surface area contributed by atoms with Crippen LogP contribution in [0.2, 0.25) is 0 Å². The highest BCUT2D eigenvalue weighted by molar-refractivity contribution is 5.38. The summed E-state index contributed by atoms with van der Waals surface area (Å²) in [7, 11) is 0. The van der Waals surface area contributed by atoms with Crippen LogP contribution in [0, 0.1) is 0 Å². The second-order valence-corrected chi connectivity index (χ2v) is 7.05. The Kier molecular flexibility index (Phi) is 15.0. The molecule has 0 aliphatic carbocycles. The van der Waals surface area contributed by atoms with Gasteiger partial charge in [-0.1, -0.05) is 91.0 Å². The van der Waals surface area contributed by atoms with Crippen molar-refractivity contribution in [1.29, 1.82) is 0 Å². The summed E-state index contributed by atoms with van der Waals surface area (Å²) in [5, 5.41) is 0. The van der Waals surface area contributed by atoms with Crippen molar-refractivity contribution in [2.75, 3.05) is 28.7 Å². The summed E-state index contributed by atoms with van der Waals surface area (Å²) in [6, 6.07) is 47.4. The van der Waals surface area contributed by atoms with E-state index >= 15 is 0 Å². The Morgan fingerprint density at radius 2 is 0.314 bits per heavy atom. The van der Waals surface area contributed by atoms with E-state index in [1.807, 2.05) is 152 Å². The molecule has 35 heavy (non-hydrogen) atoms. The maximum Gasteiger partial charge on any atom is 0.0313 e. The van der Waals surface area contributed by atoms with Gasteiger partial charge in [-0.25, -0.2) is 0 Å². The number of nitrogens with two attached hydrogens (primary N) is 5. The molecule has 0 saturated carbocycles. The molecule has 0 fully saturated rings. The summed E-state index contributed by atoms with van der Waals surface area (Å²) in [6.07, 6.45) is 0. The van der Waals surface area contributed by atoms with Crippen molar-refractivity contribution in [2.45, 2.75) is 0 Å². The summed E-state index contributed by atoms with van der Waals surface area (Å²) >= 11 is 0. The SMILES string of the molecule is Nc1ccccc1.Nc1ccccc1.Nc1ccccc1.Nc1ccccc1.Nc1ccccc1. The molecule has 0 heterocycles. The van der Waals surface area contributed by atoms with Gasteiger partial charge in [-0.05, 0) is 60.7 Å². The number of para-hydroxylation sites is 5. The number of hydrogen-bond donors (Lipinski definition) is 5. The minimum absolute atomic E-state index is 0.822. The Labute approximate surface area is 208 Å². The quantitative estimate of drug-likeness (QED) is 0.170. The predicted molar refractivity (Wildman–Crippen MR) is 154 cm³/mol. The maximum absolute atomic E-state index is 5.36. The highest BCUT2D eigenvalue weighted by Crippen LogP contribution is 1.98. The van der Waals surface area contributed by atoms with Gasteiger partial charge in [0.15, 0.2) is 0 Å². The van der Waals surface area contributed by atoms with Crippen LogP contribution >= 0.6 is 0 Å². The zero-order chi connectivity index (χ0) is 25.6. The van der Waals surface area contributed by atoms with Crippen LogP contribution in [0.4, 0.5) is 28.4 Å². The second-order valence-electron chi connectivity index (χ2n) is 7.05. The van der Waals surface area contributed by atoms with Gasteiger partial charge in [0.05, 0.1) is 0 Å². The minimum atomic E-state index is 0.822. The Bertz CT molecular complexity index is 888. The third-order valence-electron chi connectivity index (χ3n) is 4.00. The molecule has 5 nitrogen and oxygen atoms in total. The summed E-state index contributed by atoms with van der Waals surface area (Å²) in [6.45, 7) is 0. The number of rotatable bonds is 0. The summed E-state index contributed by atoms with van der Waals surface area (Å²) < 4.78 is 0. The summed E-state index contributed by atoms with van der Waals surface area (Å²) in [5.74, 6) is 0. The first-order chi connectivity index (χ1) is 17.0. The van der Waals surface area contributed by atoms with Gasteiger partial charge in [-0.2, -0.15) is 0 Å². The van der Waals surface area contributed by atoms with Gasteiger partial charge >= 0.3 is 0 Å². The monoisotopic (exact) mass is 465 g/mol. The summed E-state index contributed by atoms with van der Waals surface area (Å²) in [5.41, 5.74) is 30.9. The molecule has 5 rings (SSSR count). The highest BCUT2D eigenvalue weighted by Gasteiger charge is 1.74. The number of nitrogen functional groups attached to an aromatic ring is 5. The molecule has 0 aromatic heterocycles. The molecule has 0 aliphatic rings. The third kappa shape index (κ3) is 17.3. The van der Waals surface area contributed by atoms with E-state index < -0.39 is 0 Å². The molecule has 0 spiro atoms. The van der Waals surface area contributed by atoms with Gasteiger partial charge in [0.2, 0.25) is 0 Å². The maximum atomic E-state index is 5.36. The lowest BCUT2D eigenvalue weighted by Crippen LogP contribution is -1.79. The first-order valence-corrected chi connectivity index (χ1v) is 11.0. The topological polar surface area (TPSA) is 130 Å². The fourth-order valence-electron chi connectivity index (χ4n) is 2.27. The van der Waals surface area contributed by atoms with Crippen molar-refractivity contribution < 1.29 is 0 Å². The van der Waals surface area contributed by atoms with E-state index in [0.29, 0.717) is 0 Å². The van der Waals surface area contributed by atoms with E-state index in [9.17, 15) is 0 Å². The van der Waals surface area contributed by atoms with E-state index in [1.165, 1.54) is 0 Å². The minimum Gasteiger partial charge on any atom is -0.399 e. The Morgan fingerprint density at radius 1 is 0.200 bits per heavy atom. The van der Waals surface area contributed by atoms with Gasteiger partial charge < -0.3 is 28.7 Å². The van der Waals surface area contributed by atoms with Crippen LogP contribution in [-0.4, -0.2) is 0 Å². The zero-order valence-electron chi connectivity index (χ0n) is 19.8. The van der Waals surface area contributed by atoms with Crippen LogP contribution in [0.15, 0.2) is 152 Å². The lowest BCUT2D eigenvalue weighted by atomic mass is 10.3. The molecule has 5 aromatic carbocycles. The van der Waals surface area contributed by atoms with Crippen molar-refractivity contribution >= 4 is 28.4 Å². The predicted octanol–water partition coefficient (Wildman–Crippen LogP) is 6.34. The molecule has 0 aliphatic heterocycles. The number of benzene rings is 5. The van der Waals surface area contributed by atoms with E-state index in [0.717, 1.165) is 28.4 Å². The molecule has 0 saturated heterocycles. The van der Waals surface area contributed by atoms with Crippen molar-refractivity contribution in [3.63, 3.8) is 0 Å². The average molecular weight is 466 g/mol. The molecule has 0 unspecified atom stereocenters. The fourth-order valence-corrected chi connectivity index (χ4v) is 2.27. The van der Waals surface area contributed by atoms with E-state index in [4.69, 9.17) is 28.7 Å². The zero-order valence-corrected chi connectivity index (χ0v) is 19.8. The highest BCUT2D eigenvalue weighted by atomic mass is 14.5. The standard InChI is InChI=1S/5C6H7N/c5*7-6-4-2-1-3-5-6/h5*1-5H,7H2. The lowest BCUT2D eigenvalue weighted by Gasteiger charge is -1.83. The molecule has 0 atom stereocenters. The van der Waals surface area contributed by atoms with Crippen LogP contribution in [0.25, 0.3) is 0 Å². The van der Waals surface area contributed by atoms with E-state index in [2.05, 4.69) is 0 Å². The second kappa shape index (κ2) is 18.7. The number of anilines is 5. The lowest BCUT2D eigenvalue weighted by molar-refractivity contribution is 1.69. The largest absolute Gasteiger partial charge is 0.399 e. The van der Waals surface area contributed by atoms with E-state index in [1.54, 1.807) is 0 Å². The van der Waals surface area contributed by atoms with Crippen molar-refractivity contribution in [2.24, 2.45) is 0 Å². The van der Waals surface area contributed by atoms with Gasteiger partial charge in [0, 0.05) is 28.4 Å². The van der Waals surface area contributed by atoms with Crippen molar-refractivity contribution in [3.8, 4) is 0 Å². The summed E-state index contributed by atoms with van der Waals surface area (Å²) in [4.78, 5) is 0. The van der Waals surface area contributed by atoms with Crippen LogP contribution in [-0.2, 0) is 0 Å². The Morgan fingerprint density at radius 3 is 0.371 bits per heavy atom. The van der Waals surface area contributed by atoms with Crippen molar-refractivity contribution in [3.05, 3.63) is 152 Å². The van der Waals surface area contributed by atoms with Gasteiger partial charge in [0.1, 0.15) is 0 Å². The number of hydrogen-bond acceptors (Lipinski definition) is 5. The molecule has 5 aromatic rings. The Balaban J connectivity index is 0.000000219. The smallest absolute Gasteiger partial charge is 0.0313 e. The molecule has 0 radical (unpaired) electrons. The molecule has 10 N–H and O–H groups in total. The van der Waals surface area contributed by atoms with Gasteiger partial charge in [0.25, 0.3) is 0 Å². The van der Waals surface area contributed by atoms with Crippen LogP contribution in [0.5, 0.6) is 0 Å². The molecule has 0 amide bonds. The first kappa shape index (κ1) is 28.1. The third-order valence-corrected chi connectivity index (χ3v) is 4.00. The van der Waals surface area contributed by atoms with Crippen molar-refractivity contribution in [1.82, 2.24) is 0 Å². The Hall–Kier alpha value is -4.90. The van der Waals surface area contributed by atoms with Crippen LogP contribution < -0.4 is 28.7 Å². The van der Waals surface area contributed by atoms with Gasteiger partial charge in [-0.15, -0.1) is 0 Å². The van der Waals surface area contributed by atoms with Crippen LogP contribution in [0.1, 0.15) is 0 Å². The normalized spacial score (nSPS) is 8.57. The molecular weight excluding hydrogens is 430 g/mol. The molecule has 0 bridgehead atoms. The fraction of sp³-hybridized carbons (Fsp3) is 0.